The lowest BCUT2D eigenvalue weighted by atomic mass is 10.2. The van der Waals surface area contributed by atoms with Crippen LogP contribution in [0.15, 0.2) is 40.6 Å². The molecule has 3 nitrogen and oxygen atoms in total. The maximum atomic E-state index is 6.29. The summed E-state index contributed by atoms with van der Waals surface area (Å²) >= 11 is 7.87. The Labute approximate surface area is 115 Å². The van der Waals surface area contributed by atoms with Crippen molar-refractivity contribution < 1.29 is 0 Å². The van der Waals surface area contributed by atoms with Crippen molar-refractivity contribution >= 4 is 23.4 Å². The molecule has 3 rings (SSSR count). The van der Waals surface area contributed by atoms with E-state index < -0.39 is 0 Å². The lowest BCUT2D eigenvalue weighted by Crippen LogP contribution is -2.15. The van der Waals surface area contributed by atoms with E-state index in [1.807, 2.05) is 12.3 Å². The van der Waals surface area contributed by atoms with E-state index in [4.69, 9.17) is 11.6 Å². The molecular formula is C13H14ClN3S. The summed E-state index contributed by atoms with van der Waals surface area (Å²) in [5, 5.41) is 5.17. The zero-order chi connectivity index (χ0) is 12.4. The van der Waals surface area contributed by atoms with Gasteiger partial charge in [-0.15, -0.1) is 0 Å². The summed E-state index contributed by atoms with van der Waals surface area (Å²) in [5.41, 5.74) is 1.16. The number of hydrogen-bond acceptors (Lipinski definition) is 3. The Kier molecular flexibility index (Phi) is 3.59. The molecule has 0 unspecified atom stereocenters. The second kappa shape index (κ2) is 5.34. The zero-order valence-electron chi connectivity index (χ0n) is 9.82. The molecule has 1 fully saturated rings. The Morgan fingerprint density at radius 3 is 3.00 bits per heavy atom. The van der Waals surface area contributed by atoms with Crippen LogP contribution in [0.2, 0.25) is 5.02 Å². The number of aromatic amines is 1. The van der Waals surface area contributed by atoms with Crippen molar-refractivity contribution in [2.45, 2.75) is 35.5 Å². The molecule has 0 radical (unpaired) electrons. The smallest absolute Gasteiger partial charge is 0.170 e. The fourth-order valence-corrected chi connectivity index (χ4v) is 2.78. The molecule has 2 aromatic rings. The maximum Gasteiger partial charge on any atom is 0.170 e. The Morgan fingerprint density at radius 2 is 2.33 bits per heavy atom. The quantitative estimate of drug-likeness (QED) is 0.880. The van der Waals surface area contributed by atoms with Gasteiger partial charge in [0.2, 0.25) is 0 Å². The van der Waals surface area contributed by atoms with Crippen molar-refractivity contribution in [3.05, 3.63) is 41.2 Å². The van der Waals surface area contributed by atoms with Gasteiger partial charge in [0.1, 0.15) is 0 Å². The monoisotopic (exact) mass is 279 g/mol. The molecule has 0 bridgehead atoms. The first-order chi connectivity index (χ1) is 8.81. The summed E-state index contributed by atoms with van der Waals surface area (Å²) in [5.74, 6) is 0. The first kappa shape index (κ1) is 12.1. The van der Waals surface area contributed by atoms with E-state index in [0.29, 0.717) is 6.04 Å². The molecular weight excluding hydrogens is 266 g/mol. The van der Waals surface area contributed by atoms with Crippen molar-refractivity contribution in [1.29, 1.82) is 0 Å². The van der Waals surface area contributed by atoms with Crippen molar-refractivity contribution in [3.8, 4) is 0 Å². The summed E-state index contributed by atoms with van der Waals surface area (Å²) in [6.45, 7) is 0.856. The van der Waals surface area contributed by atoms with Gasteiger partial charge in [0, 0.05) is 34.9 Å². The summed E-state index contributed by atoms with van der Waals surface area (Å²) < 4.78 is 0. The van der Waals surface area contributed by atoms with Gasteiger partial charge in [0.15, 0.2) is 5.16 Å². The van der Waals surface area contributed by atoms with E-state index in [1.54, 1.807) is 18.0 Å². The topological polar surface area (TPSA) is 40.7 Å². The van der Waals surface area contributed by atoms with Gasteiger partial charge >= 0.3 is 0 Å². The average molecular weight is 280 g/mol. The number of rotatable bonds is 5. The van der Waals surface area contributed by atoms with Crippen LogP contribution in [0.3, 0.4) is 0 Å². The average Bonchev–Trinajstić information content (AvgIpc) is 3.05. The minimum atomic E-state index is 0.707. The predicted molar refractivity (Wildman–Crippen MR) is 74.0 cm³/mol. The molecule has 0 amide bonds. The molecule has 94 valence electrons. The molecule has 0 spiro atoms. The maximum absolute atomic E-state index is 6.29. The summed E-state index contributed by atoms with van der Waals surface area (Å²) in [4.78, 5) is 8.35. The SMILES string of the molecule is Clc1cc(Sc2ncc[nH]2)ccc1CNC1CC1. The largest absolute Gasteiger partial charge is 0.339 e. The molecule has 0 aliphatic heterocycles. The van der Waals surface area contributed by atoms with Crippen molar-refractivity contribution in [2.24, 2.45) is 0 Å². The minimum Gasteiger partial charge on any atom is -0.339 e. The van der Waals surface area contributed by atoms with Crippen LogP contribution in [0.25, 0.3) is 0 Å². The third-order valence-corrected chi connectivity index (χ3v) is 4.13. The van der Waals surface area contributed by atoms with Gasteiger partial charge in [0.25, 0.3) is 0 Å². The van der Waals surface area contributed by atoms with Gasteiger partial charge in [0.05, 0.1) is 0 Å². The van der Waals surface area contributed by atoms with E-state index in [-0.39, 0.29) is 0 Å². The predicted octanol–water partition coefficient (Wildman–Crippen LogP) is 3.47. The zero-order valence-corrected chi connectivity index (χ0v) is 11.4. The third kappa shape index (κ3) is 3.07. The lowest BCUT2D eigenvalue weighted by molar-refractivity contribution is 0.687. The first-order valence-electron chi connectivity index (χ1n) is 6.00. The second-order valence-corrected chi connectivity index (χ2v) is 5.87. The van der Waals surface area contributed by atoms with Crippen LogP contribution in [-0.4, -0.2) is 16.0 Å². The molecule has 1 heterocycles. The van der Waals surface area contributed by atoms with Gasteiger partial charge in [-0.05, 0) is 30.5 Å². The van der Waals surface area contributed by atoms with Gasteiger partial charge in [-0.2, -0.15) is 0 Å². The van der Waals surface area contributed by atoms with E-state index in [9.17, 15) is 0 Å². The number of nitrogens with one attached hydrogen (secondary N) is 2. The highest BCUT2D eigenvalue weighted by atomic mass is 35.5. The van der Waals surface area contributed by atoms with Crippen LogP contribution in [0.4, 0.5) is 0 Å². The number of aromatic nitrogens is 2. The molecule has 1 aromatic heterocycles. The van der Waals surface area contributed by atoms with Gasteiger partial charge in [-0.25, -0.2) is 4.98 Å². The minimum absolute atomic E-state index is 0.707. The Bertz CT molecular complexity index is 523. The van der Waals surface area contributed by atoms with E-state index >= 15 is 0 Å². The molecule has 18 heavy (non-hydrogen) atoms. The fraction of sp³-hybridized carbons (Fsp3) is 0.308. The fourth-order valence-electron chi connectivity index (χ4n) is 1.69. The van der Waals surface area contributed by atoms with E-state index in [1.165, 1.54) is 12.8 Å². The number of benzene rings is 1. The van der Waals surface area contributed by atoms with Crippen molar-refractivity contribution in [3.63, 3.8) is 0 Å². The number of imidazole rings is 1. The summed E-state index contributed by atoms with van der Waals surface area (Å²) in [6, 6.07) is 6.88. The van der Waals surface area contributed by atoms with Gasteiger partial charge < -0.3 is 10.3 Å². The lowest BCUT2D eigenvalue weighted by Gasteiger charge is -2.07. The second-order valence-electron chi connectivity index (χ2n) is 4.40. The van der Waals surface area contributed by atoms with Crippen molar-refractivity contribution in [2.75, 3.05) is 0 Å². The number of hydrogen-bond donors (Lipinski definition) is 2. The highest BCUT2D eigenvalue weighted by molar-refractivity contribution is 7.99. The standard InChI is InChI=1S/C13H14ClN3S/c14-12-7-11(18-13-15-5-6-16-13)4-1-9(12)8-17-10-2-3-10/h1,4-7,10,17H,2-3,8H2,(H,15,16). The number of H-pyrrole nitrogens is 1. The molecule has 1 saturated carbocycles. The normalized spacial score (nSPS) is 14.9. The van der Waals surface area contributed by atoms with Crippen LogP contribution in [0.1, 0.15) is 18.4 Å². The molecule has 0 atom stereocenters. The van der Waals surface area contributed by atoms with E-state index in [2.05, 4.69) is 27.4 Å². The molecule has 5 heteroatoms. The first-order valence-corrected chi connectivity index (χ1v) is 7.20. The summed E-state index contributed by atoms with van der Waals surface area (Å²) in [6.07, 6.45) is 6.16. The van der Waals surface area contributed by atoms with Crippen LogP contribution in [0, 0.1) is 0 Å². The molecule has 1 aliphatic rings. The number of nitrogens with zero attached hydrogens (tertiary/aromatic N) is 1. The third-order valence-electron chi connectivity index (χ3n) is 2.87. The molecule has 0 saturated heterocycles. The molecule has 1 aromatic carbocycles. The van der Waals surface area contributed by atoms with E-state index in [0.717, 1.165) is 27.2 Å². The number of halogens is 1. The molecule has 2 N–H and O–H groups in total. The summed E-state index contributed by atoms with van der Waals surface area (Å²) in [7, 11) is 0. The van der Waals surface area contributed by atoms with Crippen LogP contribution in [0.5, 0.6) is 0 Å². The Balaban J connectivity index is 1.67. The Morgan fingerprint density at radius 1 is 1.44 bits per heavy atom. The van der Waals surface area contributed by atoms with Crippen molar-refractivity contribution in [1.82, 2.24) is 15.3 Å². The van der Waals surface area contributed by atoms with Crippen LogP contribution >= 0.6 is 23.4 Å². The Hall–Kier alpha value is -0.970. The van der Waals surface area contributed by atoms with Gasteiger partial charge in [-0.1, -0.05) is 29.4 Å². The van der Waals surface area contributed by atoms with Crippen LogP contribution in [-0.2, 0) is 6.54 Å². The van der Waals surface area contributed by atoms with Gasteiger partial charge in [-0.3, -0.25) is 0 Å². The highest BCUT2D eigenvalue weighted by Gasteiger charge is 2.20. The highest BCUT2D eigenvalue weighted by Crippen LogP contribution is 2.29. The molecule has 1 aliphatic carbocycles. The van der Waals surface area contributed by atoms with Crippen LogP contribution < -0.4 is 5.32 Å².